The number of nitrogen functional groups attached to an aromatic ring is 1. The fourth-order valence-electron chi connectivity index (χ4n) is 2.04. The summed E-state index contributed by atoms with van der Waals surface area (Å²) in [7, 11) is -3.26. The average molecular weight is 268 g/mol. The second kappa shape index (κ2) is 5.28. The van der Waals surface area contributed by atoms with E-state index in [2.05, 4.69) is 11.6 Å². The molecular weight excluding hydrogens is 248 g/mol. The number of nitrogens with one attached hydrogen (secondary N) is 1. The Balaban J connectivity index is 1.90. The van der Waals surface area contributed by atoms with Gasteiger partial charge in [0, 0.05) is 12.2 Å². The summed E-state index contributed by atoms with van der Waals surface area (Å²) in [5, 5.41) is 0. The summed E-state index contributed by atoms with van der Waals surface area (Å²) in [4.78, 5) is 0. The Hall–Kier alpha value is -1.07. The third kappa shape index (κ3) is 3.99. The van der Waals surface area contributed by atoms with Crippen LogP contribution in [0.2, 0.25) is 0 Å². The van der Waals surface area contributed by atoms with Crippen molar-refractivity contribution in [3.8, 4) is 0 Å². The van der Waals surface area contributed by atoms with E-state index in [1.54, 1.807) is 24.3 Å². The van der Waals surface area contributed by atoms with E-state index in [1.807, 2.05) is 0 Å². The first-order chi connectivity index (χ1) is 8.46. The maximum atomic E-state index is 11.9. The number of nitrogens with two attached hydrogens (primary N) is 1. The molecule has 1 fully saturated rings. The molecule has 2 rings (SSSR count). The van der Waals surface area contributed by atoms with Gasteiger partial charge in [-0.25, -0.2) is 13.1 Å². The van der Waals surface area contributed by atoms with Crippen LogP contribution in [0.4, 0.5) is 5.69 Å². The standard InChI is InChI=1S/C13H20N2O2S/c1-10(12-5-6-12)8-15-18(16,17)9-11-3-2-4-13(14)7-11/h2-4,7,10,12,15H,5-6,8-9,14H2,1H3. The molecule has 0 saturated heterocycles. The molecule has 0 heterocycles. The highest BCUT2D eigenvalue weighted by Gasteiger charge is 2.28. The molecule has 0 radical (unpaired) electrons. The molecule has 18 heavy (non-hydrogen) atoms. The lowest BCUT2D eigenvalue weighted by molar-refractivity contribution is 0.491. The third-order valence-electron chi connectivity index (χ3n) is 3.36. The van der Waals surface area contributed by atoms with Gasteiger partial charge in [0.2, 0.25) is 10.0 Å². The molecule has 0 spiro atoms. The minimum Gasteiger partial charge on any atom is -0.399 e. The highest BCUT2D eigenvalue weighted by molar-refractivity contribution is 7.88. The summed E-state index contributed by atoms with van der Waals surface area (Å²) in [5.41, 5.74) is 6.95. The van der Waals surface area contributed by atoms with E-state index >= 15 is 0 Å². The van der Waals surface area contributed by atoms with Crippen LogP contribution in [0.25, 0.3) is 0 Å². The molecule has 4 nitrogen and oxygen atoms in total. The molecule has 3 N–H and O–H groups in total. The van der Waals surface area contributed by atoms with Crippen LogP contribution in [-0.4, -0.2) is 15.0 Å². The fourth-order valence-corrected chi connectivity index (χ4v) is 3.28. The molecule has 1 aromatic rings. The molecule has 1 aromatic carbocycles. The van der Waals surface area contributed by atoms with Crippen molar-refractivity contribution in [3.63, 3.8) is 0 Å². The summed E-state index contributed by atoms with van der Waals surface area (Å²) in [5.74, 6) is 1.13. The number of rotatable bonds is 6. The summed E-state index contributed by atoms with van der Waals surface area (Å²) < 4.78 is 26.5. The van der Waals surface area contributed by atoms with E-state index in [0.29, 0.717) is 24.1 Å². The first kappa shape index (κ1) is 13.4. The zero-order valence-corrected chi connectivity index (χ0v) is 11.4. The smallest absolute Gasteiger partial charge is 0.215 e. The quantitative estimate of drug-likeness (QED) is 0.772. The monoisotopic (exact) mass is 268 g/mol. The molecule has 1 aliphatic rings. The van der Waals surface area contributed by atoms with Crippen molar-refractivity contribution in [1.82, 2.24) is 4.72 Å². The van der Waals surface area contributed by atoms with Gasteiger partial charge < -0.3 is 5.73 Å². The van der Waals surface area contributed by atoms with Crippen LogP contribution in [0.15, 0.2) is 24.3 Å². The second-order valence-corrected chi connectivity index (χ2v) is 6.97. The Labute approximate surface area is 109 Å². The Morgan fingerprint density at radius 3 is 2.78 bits per heavy atom. The van der Waals surface area contributed by atoms with E-state index in [4.69, 9.17) is 5.73 Å². The first-order valence-corrected chi connectivity index (χ1v) is 7.93. The van der Waals surface area contributed by atoms with E-state index < -0.39 is 10.0 Å². The molecule has 0 aliphatic heterocycles. The first-order valence-electron chi connectivity index (χ1n) is 6.28. The van der Waals surface area contributed by atoms with Crippen molar-refractivity contribution < 1.29 is 8.42 Å². The van der Waals surface area contributed by atoms with Crippen molar-refractivity contribution in [1.29, 1.82) is 0 Å². The van der Waals surface area contributed by atoms with Gasteiger partial charge >= 0.3 is 0 Å². The number of anilines is 1. The largest absolute Gasteiger partial charge is 0.399 e. The van der Waals surface area contributed by atoms with Gasteiger partial charge in [-0.2, -0.15) is 0 Å². The normalized spacial score (nSPS) is 17.6. The molecule has 1 unspecified atom stereocenters. The maximum absolute atomic E-state index is 11.9. The Bertz CT molecular complexity index is 509. The lowest BCUT2D eigenvalue weighted by atomic mass is 10.1. The van der Waals surface area contributed by atoms with Crippen molar-refractivity contribution >= 4 is 15.7 Å². The summed E-state index contributed by atoms with van der Waals surface area (Å²) in [6.45, 7) is 2.63. The predicted octanol–water partition coefficient (Wildman–Crippen LogP) is 1.73. The minimum atomic E-state index is -3.26. The zero-order valence-electron chi connectivity index (χ0n) is 10.6. The van der Waals surface area contributed by atoms with Crippen molar-refractivity contribution in [2.24, 2.45) is 11.8 Å². The summed E-state index contributed by atoms with van der Waals surface area (Å²) in [6.07, 6.45) is 2.47. The van der Waals surface area contributed by atoms with Gasteiger partial charge in [-0.1, -0.05) is 19.1 Å². The fraction of sp³-hybridized carbons (Fsp3) is 0.538. The third-order valence-corrected chi connectivity index (χ3v) is 4.68. The lowest BCUT2D eigenvalue weighted by Gasteiger charge is -2.12. The molecular formula is C13H20N2O2S. The Morgan fingerprint density at radius 1 is 1.44 bits per heavy atom. The Morgan fingerprint density at radius 2 is 2.17 bits per heavy atom. The predicted molar refractivity (Wildman–Crippen MR) is 73.4 cm³/mol. The number of benzene rings is 1. The second-order valence-electron chi connectivity index (χ2n) is 5.17. The van der Waals surface area contributed by atoms with Crippen molar-refractivity contribution in [2.75, 3.05) is 12.3 Å². The van der Waals surface area contributed by atoms with Crippen LogP contribution >= 0.6 is 0 Å². The average Bonchev–Trinajstić information content (AvgIpc) is 3.09. The topological polar surface area (TPSA) is 72.2 Å². The van der Waals surface area contributed by atoms with Gasteiger partial charge in [0.1, 0.15) is 0 Å². The zero-order chi connectivity index (χ0) is 13.2. The highest BCUT2D eigenvalue weighted by atomic mass is 32.2. The molecule has 0 aromatic heterocycles. The van der Waals surface area contributed by atoms with Crippen LogP contribution < -0.4 is 10.5 Å². The molecule has 1 aliphatic carbocycles. The van der Waals surface area contributed by atoms with Gasteiger partial charge in [0.15, 0.2) is 0 Å². The van der Waals surface area contributed by atoms with Crippen molar-refractivity contribution in [2.45, 2.75) is 25.5 Å². The number of hydrogen-bond acceptors (Lipinski definition) is 3. The van der Waals surface area contributed by atoms with Gasteiger partial charge in [-0.3, -0.25) is 0 Å². The van der Waals surface area contributed by atoms with Gasteiger partial charge in [0.05, 0.1) is 5.75 Å². The molecule has 1 saturated carbocycles. The van der Waals surface area contributed by atoms with E-state index in [1.165, 1.54) is 12.8 Å². The van der Waals surface area contributed by atoms with Crippen LogP contribution in [-0.2, 0) is 15.8 Å². The van der Waals surface area contributed by atoms with Crippen LogP contribution in [0.5, 0.6) is 0 Å². The Kier molecular flexibility index (Phi) is 3.92. The molecule has 100 valence electrons. The van der Waals surface area contributed by atoms with E-state index in [0.717, 1.165) is 5.56 Å². The van der Waals surface area contributed by atoms with Crippen LogP contribution in [0.1, 0.15) is 25.3 Å². The molecule has 5 heteroatoms. The SMILES string of the molecule is CC(CNS(=O)(=O)Cc1cccc(N)c1)C1CC1. The molecule has 1 atom stereocenters. The highest BCUT2D eigenvalue weighted by Crippen LogP contribution is 2.36. The van der Waals surface area contributed by atoms with Crippen LogP contribution in [0, 0.1) is 11.8 Å². The van der Waals surface area contributed by atoms with Crippen molar-refractivity contribution in [3.05, 3.63) is 29.8 Å². The van der Waals surface area contributed by atoms with Crippen LogP contribution in [0.3, 0.4) is 0 Å². The van der Waals surface area contributed by atoms with E-state index in [9.17, 15) is 8.42 Å². The maximum Gasteiger partial charge on any atom is 0.215 e. The minimum absolute atomic E-state index is 0.00454. The number of hydrogen-bond donors (Lipinski definition) is 2. The van der Waals surface area contributed by atoms with Gasteiger partial charge in [-0.15, -0.1) is 0 Å². The van der Waals surface area contributed by atoms with E-state index in [-0.39, 0.29) is 5.75 Å². The lowest BCUT2D eigenvalue weighted by Crippen LogP contribution is -2.30. The van der Waals surface area contributed by atoms with Gasteiger partial charge in [0.25, 0.3) is 0 Å². The molecule has 0 amide bonds. The summed E-state index contributed by atoms with van der Waals surface area (Å²) >= 11 is 0. The summed E-state index contributed by atoms with van der Waals surface area (Å²) in [6, 6.07) is 7.00. The molecule has 0 bridgehead atoms. The number of sulfonamides is 1. The van der Waals surface area contributed by atoms with Gasteiger partial charge in [-0.05, 0) is 42.4 Å².